The van der Waals surface area contributed by atoms with Gasteiger partial charge in [0, 0.05) is 0 Å². The summed E-state index contributed by atoms with van der Waals surface area (Å²) in [5, 5.41) is 0. The maximum atomic E-state index is 11.3. The lowest BCUT2D eigenvalue weighted by atomic mass is 10.1. The van der Waals surface area contributed by atoms with E-state index in [1.165, 1.54) is 38.5 Å². The van der Waals surface area contributed by atoms with Crippen LogP contribution in [-0.2, 0) is 4.74 Å². The minimum Gasteiger partial charge on any atom is -0.448 e. The van der Waals surface area contributed by atoms with E-state index in [0.717, 1.165) is 13.0 Å². The Morgan fingerprint density at radius 3 is 2.67 bits per heavy atom. The summed E-state index contributed by atoms with van der Waals surface area (Å²) in [7, 11) is 0. The minimum absolute atomic E-state index is 0.167. The van der Waals surface area contributed by atoms with Gasteiger partial charge < -0.3 is 4.74 Å². The highest BCUT2D eigenvalue weighted by Crippen LogP contribution is 2.11. The summed E-state index contributed by atoms with van der Waals surface area (Å²) in [6.45, 7) is 5.55. The Hall–Kier alpha value is -0.990. The van der Waals surface area contributed by atoms with Crippen LogP contribution in [0.3, 0.4) is 0 Å². The molecule has 1 aliphatic heterocycles. The maximum absolute atomic E-state index is 11.3. The lowest BCUT2D eigenvalue weighted by Gasteiger charge is -2.17. The van der Waals surface area contributed by atoms with E-state index in [2.05, 4.69) is 19.1 Å². The molecule has 0 aromatic heterocycles. The number of ether oxygens (including phenoxy) is 1. The summed E-state index contributed by atoms with van der Waals surface area (Å²) in [6, 6.07) is 0.167. The first-order valence-electron chi connectivity index (χ1n) is 7.35. The first kappa shape index (κ1) is 15.1. The summed E-state index contributed by atoms with van der Waals surface area (Å²) < 4.78 is 4.92. The fourth-order valence-corrected chi connectivity index (χ4v) is 2.21. The average molecular weight is 253 g/mol. The van der Waals surface area contributed by atoms with Crippen LogP contribution in [0.4, 0.5) is 4.79 Å². The molecule has 1 fully saturated rings. The number of allylic oxidation sites excluding steroid dienone is 1. The average Bonchev–Trinajstić information content (AvgIpc) is 2.79. The molecule has 1 atom stereocenters. The summed E-state index contributed by atoms with van der Waals surface area (Å²) in [4.78, 5) is 13.1. The van der Waals surface area contributed by atoms with Gasteiger partial charge in [-0.3, -0.25) is 4.90 Å². The van der Waals surface area contributed by atoms with E-state index in [0.29, 0.717) is 6.61 Å². The molecule has 1 aliphatic rings. The molecule has 1 rings (SSSR count). The van der Waals surface area contributed by atoms with Crippen molar-refractivity contribution >= 4 is 6.09 Å². The normalized spacial score (nSPS) is 17.4. The van der Waals surface area contributed by atoms with Gasteiger partial charge in [0.25, 0.3) is 0 Å². The van der Waals surface area contributed by atoms with Crippen molar-refractivity contribution in [2.24, 2.45) is 0 Å². The molecule has 0 aliphatic carbocycles. The van der Waals surface area contributed by atoms with E-state index in [4.69, 9.17) is 4.74 Å². The van der Waals surface area contributed by atoms with Crippen molar-refractivity contribution in [3.63, 3.8) is 0 Å². The SMILES string of the molecule is CCCCCCCC/C=C/C(C)N1CCOC1=O. The Morgan fingerprint density at radius 2 is 2.00 bits per heavy atom. The minimum atomic E-state index is -0.174. The quantitative estimate of drug-likeness (QED) is 0.456. The van der Waals surface area contributed by atoms with E-state index in [9.17, 15) is 4.79 Å². The van der Waals surface area contributed by atoms with Crippen LogP contribution < -0.4 is 0 Å². The Balaban J connectivity index is 2.03. The van der Waals surface area contributed by atoms with Crippen molar-refractivity contribution in [1.29, 1.82) is 0 Å². The smallest absolute Gasteiger partial charge is 0.410 e. The topological polar surface area (TPSA) is 29.5 Å². The summed E-state index contributed by atoms with van der Waals surface area (Å²) in [5.41, 5.74) is 0. The molecule has 0 aromatic carbocycles. The first-order chi connectivity index (χ1) is 8.75. The van der Waals surface area contributed by atoms with E-state index < -0.39 is 0 Å². The van der Waals surface area contributed by atoms with Gasteiger partial charge in [-0.15, -0.1) is 0 Å². The molecule has 0 N–H and O–H groups in total. The van der Waals surface area contributed by atoms with E-state index in [1.54, 1.807) is 4.90 Å². The van der Waals surface area contributed by atoms with Crippen molar-refractivity contribution in [1.82, 2.24) is 4.90 Å². The number of hydrogen-bond acceptors (Lipinski definition) is 2. The summed E-state index contributed by atoms with van der Waals surface area (Å²) in [6.07, 6.45) is 13.3. The molecule has 0 spiro atoms. The van der Waals surface area contributed by atoms with Crippen molar-refractivity contribution in [2.45, 2.75) is 64.8 Å². The Bertz CT molecular complexity index is 263. The second-order valence-corrected chi connectivity index (χ2v) is 5.03. The molecular weight excluding hydrogens is 226 g/mol. The largest absolute Gasteiger partial charge is 0.448 e. The molecule has 0 saturated carbocycles. The zero-order valence-corrected chi connectivity index (χ0v) is 11.9. The van der Waals surface area contributed by atoms with Gasteiger partial charge in [-0.1, -0.05) is 51.2 Å². The highest BCUT2D eigenvalue weighted by Gasteiger charge is 2.24. The molecule has 104 valence electrons. The summed E-state index contributed by atoms with van der Waals surface area (Å²) >= 11 is 0. The standard InChI is InChI=1S/C15H27NO2/c1-3-4-5-6-7-8-9-10-11-14(2)16-12-13-18-15(16)17/h10-11,14H,3-9,12-13H2,1-2H3/b11-10+. The fourth-order valence-electron chi connectivity index (χ4n) is 2.21. The molecule has 0 aromatic rings. The molecule has 18 heavy (non-hydrogen) atoms. The molecular formula is C15H27NO2. The van der Waals surface area contributed by atoms with Gasteiger partial charge in [-0.25, -0.2) is 4.79 Å². The number of carbonyl (C=O) groups is 1. The van der Waals surface area contributed by atoms with Gasteiger partial charge in [-0.05, 0) is 19.8 Å². The Morgan fingerprint density at radius 1 is 1.28 bits per heavy atom. The molecule has 1 unspecified atom stereocenters. The Kier molecular flexibility index (Phi) is 7.54. The van der Waals surface area contributed by atoms with Gasteiger partial charge >= 0.3 is 6.09 Å². The second-order valence-electron chi connectivity index (χ2n) is 5.03. The van der Waals surface area contributed by atoms with Gasteiger partial charge in [0.15, 0.2) is 0 Å². The number of nitrogens with zero attached hydrogens (tertiary/aromatic N) is 1. The number of rotatable bonds is 9. The zero-order chi connectivity index (χ0) is 13.2. The molecule has 3 heteroatoms. The molecule has 0 bridgehead atoms. The van der Waals surface area contributed by atoms with Gasteiger partial charge in [0.2, 0.25) is 0 Å². The van der Waals surface area contributed by atoms with E-state index in [-0.39, 0.29) is 12.1 Å². The fraction of sp³-hybridized carbons (Fsp3) is 0.800. The van der Waals surface area contributed by atoms with Crippen LogP contribution in [0.25, 0.3) is 0 Å². The third-order valence-electron chi connectivity index (χ3n) is 3.42. The number of hydrogen-bond donors (Lipinski definition) is 0. The first-order valence-corrected chi connectivity index (χ1v) is 7.35. The van der Waals surface area contributed by atoms with Gasteiger partial charge in [0.1, 0.15) is 6.61 Å². The van der Waals surface area contributed by atoms with Gasteiger partial charge in [0.05, 0.1) is 12.6 Å². The van der Waals surface area contributed by atoms with Crippen LogP contribution in [-0.4, -0.2) is 30.2 Å². The highest BCUT2D eigenvalue weighted by atomic mass is 16.6. The van der Waals surface area contributed by atoms with Crippen LogP contribution >= 0.6 is 0 Å². The molecule has 0 radical (unpaired) electrons. The summed E-state index contributed by atoms with van der Waals surface area (Å²) in [5.74, 6) is 0. The van der Waals surface area contributed by atoms with Crippen molar-refractivity contribution < 1.29 is 9.53 Å². The van der Waals surface area contributed by atoms with Crippen molar-refractivity contribution in [3.8, 4) is 0 Å². The lowest BCUT2D eigenvalue weighted by molar-refractivity contribution is 0.154. The monoisotopic (exact) mass is 253 g/mol. The van der Waals surface area contributed by atoms with Crippen LogP contribution in [0.15, 0.2) is 12.2 Å². The van der Waals surface area contributed by atoms with Gasteiger partial charge in [-0.2, -0.15) is 0 Å². The van der Waals surface area contributed by atoms with Crippen LogP contribution in [0.2, 0.25) is 0 Å². The predicted molar refractivity (Wildman–Crippen MR) is 74.6 cm³/mol. The van der Waals surface area contributed by atoms with Crippen LogP contribution in [0.1, 0.15) is 58.8 Å². The van der Waals surface area contributed by atoms with Crippen molar-refractivity contribution in [3.05, 3.63) is 12.2 Å². The predicted octanol–water partition coefficient (Wildman–Crippen LogP) is 4.13. The third kappa shape index (κ3) is 5.56. The molecule has 3 nitrogen and oxygen atoms in total. The number of carbonyl (C=O) groups excluding carboxylic acids is 1. The third-order valence-corrected chi connectivity index (χ3v) is 3.42. The lowest BCUT2D eigenvalue weighted by Crippen LogP contribution is -2.32. The molecule has 1 amide bonds. The molecule has 1 heterocycles. The second kappa shape index (κ2) is 9.01. The number of cyclic esters (lactones) is 1. The van der Waals surface area contributed by atoms with E-state index >= 15 is 0 Å². The highest BCUT2D eigenvalue weighted by molar-refractivity contribution is 5.70. The number of amides is 1. The van der Waals surface area contributed by atoms with Crippen molar-refractivity contribution in [2.75, 3.05) is 13.2 Å². The van der Waals surface area contributed by atoms with Crippen LogP contribution in [0, 0.1) is 0 Å². The Labute approximate surface area is 111 Å². The zero-order valence-electron chi connectivity index (χ0n) is 11.9. The van der Waals surface area contributed by atoms with E-state index in [1.807, 2.05) is 6.92 Å². The molecule has 1 saturated heterocycles. The van der Waals surface area contributed by atoms with Crippen LogP contribution in [0.5, 0.6) is 0 Å². The maximum Gasteiger partial charge on any atom is 0.410 e. The number of unbranched alkanes of at least 4 members (excludes halogenated alkanes) is 6.